The molecule has 74 valence electrons. The molecule has 5 heteroatoms. The lowest BCUT2D eigenvalue weighted by atomic mass is 10.4. The van der Waals surface area contributed by atoms with E-state index in [1.807, 2.05) is 0 Å². The van der Waals surface area contributed by atoms with Crippen molar-refractivity contribution in [2.75, 3.05) is 0 Å². The van der Waals surface area contributed by atoms with Crippen LogP contribution in [-0.2, 0) is 0 Å². The van der Waals surface area contributed by atoms with Gasteiger partial charge in [-0.1, -0.05) is 0 Å². The molecule has 0 saturated carbocycles. The maximum absolute atomic E-state index is 12.9. The van der Waals surface area contributed by atoms with Crippen molar-refractivity contribution >= 4 is 5.65 Å². The third-order valence-electron chi connectivity index (χ3n) is 2.21. The number of nitrogens with zero attached hydrogens (tertiary/aromatic N) is 4. The Bertz CT molecular complexity index is 610. The first-order valence-electron chi connectivity index (χ1n) is 4.47. The molecule has 0 unspecified atom stereocenters. The molecule has 0 N–H and O–H groups in total. The summed E-state index contributed by atoms with van der Waals surface area (Å²) in [5, 5.41) is 4.08. The Kier molecular flexibility index (Phi) is 1.58. The monoisotopic (exact) mass is 202 g/mol. The van der Waals surface area contributed by atoms with Gasteiger partial charge >= 0.3 is 0 Å². The zero-order valence-corrected chi connectivity index (χ0v) is 7.71. The fourth-order valence-electron chi connectivity index (χ4n) is 1.55. The maximum atomic E-state index is 12.9. The van der Waals surface area contributed by atoms with Crippen LogP contribution >= 0.6 is 0 Å². The van der Waals surface area contributed by atoms with E-state index in [1.165, 1.54) is 12.3 Å². The first kappa shape index (κ1) is 8.16. The summed E-state index contributed by atoms with van der Waals surface area (Å²) in [6, 6.07) is 3.20. The minimum absolute atomic E-state index is 0.267. The Morgan fingerprint density at radius 2 is 2.07 bits per heavy atom. The Labute approximate surface area is 84.6 Å². The first-order valence-corrected chi connectivity index (χ1v) is 4.47. The Morgan fingerprint density at radius 3 is 2.87 bits per heavy atom. The van der Waals surface area contributed by atoms with E-state index in [1.54, 1.807) is 39.9 Å². The highest BCUT2D eigenvalue weighted by atomic mass is 19.1. The molecule has 0 atom stereocenters. The Balaban J connectivity index is 2.30. The van der Waals surface area contributed by atoms with Crippen LogP contribution in [0.1, 0.15) is 0 Å². The zero-order valence-electron chi connectivity index (χ0n) is 7.71. The van der Waals surface area contributed by atoms with Gasteiger partial charge in [0.1, 0.15) is 5.82 Å². The number of fused-ring (bicyclic) bond motifs is 1. The Hall–Kier alpha value is -2.17. The summed E-state index contributed by atoms with van der Waals surface area (Å²) in [6.07, 6.45) is 8.12. The van der Waals surface area contributed by atoms with E-state index in [-0.39, 0.29) is 5.82 Å². The van der Waals surface area contributed by atoms with Crippen molar-refractivity contribution in [1.82, 2.24) is 19.2 Å². The molecule has 0 spiro atoms. The molecule has 0 amide bonds. The predicted molar refractivity (Wildman–Crippen MR) is 52.3 cm³/mol. The van der Waals surface area contributed by atoms with Crippen LogP contribution in [0.4, 0.5) is 4.39 Å². The average Bonchev–Trinajstić information content (AvgIpc) is 2.84. The summed E-state index contributed by atoms with van der Waals surface area (Å²) in [4.78, 5) is 4.16. The van der Waals surface area contributed by atoms with Crippen molar-refractivity contribution in [2.24, 2.45) is 0 Å². The molecular formula is C10H7FN4. The van der Waals surface area contributed by atoms with E-state index in [9.17, 15) is 4.39 Å². The fourth-order valence-corrected chi connectivity index (χ4v) is 1.55. The van der Waals surface area contributed by atoms with Gasteiger partial charge in [0, 0.05) is 24.8 Å². The minimum Gasteiger partial charge on any atom is -0.317 e. The highest BCUT2D eigenvalue weighted by Gasteiger charge is 2.05. The number of imidazole rings is 1. The summed E-state index contributed by atoms with van der Waals surface area (Å²) in [7, 11) is 0. The number of rotatable bonds is 1. The van der Waals surface area contributed by atoms with Crippen molar-refractivity contribution in [1.29, 1.82) is 0 Å². The van der Waals surface area contributed by atoms with E-state index in [2.05, 4.69) is 10.1 Å². The summed E-state index contributed by atoms with van der Waals surface area (Å²) < 4.78 is 16.2. The lowest BCUT2D eigenvalue weighted by Crippen LogP contribution is -1.97. The van der Waals surface area contributed by atoms with E-state index >= 15 is 0 Å². The summed E-state index contributed by atoms with van der Waals surface area (Å²) >= 11 is 0. The van der Waals surface area contributed by atoms with Crippen LogP contribution in [0.25, 0.3) is 11.3 Å². The summed E-state index contributed by atoms with van der Waals surface area (Å²) in [5.74, 6) is -0.267. The van der Waals surface area contributed by atoms with E-state index in [0.717, 1.165) is 5.69 Å². The molecule has 4 nitrogen and oxygen atoms in total. The molecule has 0 fully saturated rings. The maximum Gasteiger partial charge on any atom is 0.177 e. The highest BCUT2D eigenvalue weighted by Crippen LogP contribution is 2.13. The van der Waals surface area contributed by atoms with Gasteiger partial charge in [0.2, 0.25) is 0 Å². The third-order valence-corrected chi connectivity index (χ3v) is 2.21. The topological polar surface area (TPSA) is 35.1 Å². The van der Waals surface area contributed by atoms with Gasteiger partial charge in [0.25, 0.3) is 0 Å². The van der Waals surface area contributed by atoms with Crippen LogP contribution in [0.3, 0.4) is 0 Å². The van der Waals surface area contributed by atoms with Crippen LogP contribution in [0, 0.1) is 5.82 Å². The van der Waals surface area contributed by atoms with Gasteiger partial charge in [-0.05, 0) is 12.1 Å². The smallest absolute Gasteiger partial charge is 0.177 e. The quantitative estimate of drug-likeness (QED) is 0.601. The van der Waals surface area contributed by atoms with Crippen molar-refractivity contribution in [2.45, 2.75) is 0 Å². The molecule has 3 heterocycles. The summed E-state index contributed by atoms with van der Waals surface area (Å²) in [6.45, 7) is 0. The molecule has 0 radical (unpaired) electrons. The average molecular weight is 202 g/mol. The number of hydrogen-bond donors (Lipinski definition) is 0. The van der Waals surface area contributed by atoms with Crippen LogP contribution in [0.15, 0.2) is 43.1 Å². The largest absolute Gasteiger partial charge is 0.317 e. The zero-order chi connectivity index (χ0) is 10.3. The SMILES string of the molecule is Fc1ccn(-c2ccnn3ccnc23)c1. The number of aromatic nitrogens is 4. The lowest BCUT2D eigenvalue weighted by molar-refractivity contribution is 0.627. The molecule has 3 aromatic rings. The standard InChI is InChI=1S/C10H7FN4/c11-8-2-5-14(7-8)9-1-3-13-15-6-4-12-10(9)15/h1-7H. The molecule has 0 saturated heterocycles. The fraction of sp³-hybridized carbons (Fsp3) is 0. The first-order chi connectivity index (χ1) is 7.34. The molecule has 3 aromatic heterocycles. The Morgan fingerprint density at radius 1 is 1.13 bits per heavy atom. The third kappa shape index (κ3) is 1.20. The van der Waals surface area contributed by atoms with Crippen LogP contribution in [0.5, 0.6) is 0 Å². The molecular weight excluding hydrogens is 195 g/mol. The van der Waals surface area contributed by atoms with Gasteiger partial charge in [0.05, 0.1) is 11.9 Å². The van der Waals surface area contributed by atoms with Crippen molar-refractivity contribution < 1.29 is 4.39 Å². The second-order valence-corrected chi connectivity index (χ2v) is 3.15. The molecule has 0 aliphatic heterocycles. The number of hydrogen-bond acceptors (Lipinski definition) is 2. The van der Waals surface area contributed by atoms with Crippen LogP contribution < -0.4 is 0 Å². The van der Waals surface area contributed by atoms with Crippen molar-refractivity contribution in [3.05, 3.63) is 48.9 Å². The van der Waals surface area contributed by atoms with Gasteiger partial charge in [-0.25, -0.2) is 13.9 Å². The van der Waals surface area contributed by atoms with Gasteiger partial charge in [0.15, 0.2) is 5.65 Å². The van der Waals surface area contributed by atoms with Crippen molar-refractivity contribution in [3.8, 4) is 5.69 Å². The second kappa shape index (κ2) is 2.91. The molecule has 0 aliphatic carbocycles. The lowest BCUT2D eigenvalue weighted by Gasteiger charge is -2.02. The molecule has 0 aliphatic rings. The van der Waals surface area contributed by atoms with Gasteiger partial charge in [-0.15, -0.1) is 0 Å². The molecule has 3 rings (SSSR count). The second-order valence-electron chi connectivity index (χ2n) is 3.15. The van der Waals surface area contributed by atoms with Gasteiger partial charge in [-0.2, -0.15) is 5.10 Å². The normalized spacial score (nSPS) is 11.0. The van der Waals surface area contributed by atoms with Crippen LogP contribution in [-0.4, -0.2) is 19.2 Å². The molecule has 0 bridgehead atoms. The van der Waals surface area contributed by atoms with E-state index < -0.39 is 0 Å². The molecule has 15 heavy (non-hydrogen) atoms. The van der Waals surface area contributed by atoms with Gasteiger partial charge < -0.3 is 4.57 Å². The van der Waals surface area contributed by atoms with Crippen LogP contribution in [0.2, 0.25) is 0 Å². The molecule has 0 aromatic carbocycles. The minimum atomic E-state index is -0.267. The van der Waals surface area contributed by atoms with Crippen molar-refractivity contribution in [3.63, 3.8) is 0 Å². The number of halogens is 1. The van der Waals surface area contributed by atoms with E-state index in [0.29, 0.717) is 5.65 Å². The van der Waals surface area contributed by atoms with E-state index in [4.69, 9.17) is 0 Å². The highest BCUT2D eigenvalue weighted by molar-refractivity contribution is 5.57. The van der Waals surface area contributed by atoms with Gasteiger partial charge in [-0.3, -0.25) is 0 Å². The predicted octanol–water partition coefficient (Wildman–Crippen LogP) is 1.66. The summed E-state index contributed by atoms with van der Waals surface area (Å²) in [5.41, 5.74) is 1.51.